The average Bonchev–Trinajstić information content (AvgIpc) is 2.87. The molecule has 2 amide bonds. The Morgan fingerprint density at radius 3 is 2.43 bits per heavy atom. The van der Waals surface area contributed by atoms with Gasteiger partial charge in [0.1, 0.15) is 0 Å². The Balaban J connectivity index is 1.71. The second kappa shape index (κ2) is 15.8. The topological polar surface area (TPSA) is 170 Å². The molecule has 0 spiro atoms. The van der Waals surface area contributed by atoms with Gasteiger partial charge in [0.2, 0.25) is 5.91 Å². The van der Waals surface area contributed by atoms with Gasteiger partial charge in [-0.05, 0) is 43.0 Å². The Kier molecular flexibility index (Phi) is 12.8. The summed E-state index contributed by atoms with van der Waals surface area (Å²) in [7, 11) is -4.37. The molecule has 12 heteroatoms. The minimum Gasteiger partial charge on any atom is -0.393 e. The monoisotopic (exact) mass is 533 g/mol. The molecule has 1 atom stereocenters. The van der Waals surface area contributed by atoms with Crippen molar-refractivity contribution in [1.82, 2.24) is 15.8 Å². The summed E-state index contributed by atoms with van der Waals surface area (Å²) in [5, 5.41) is 17.8. The van der Waals surface area contributed by atoms with Crippen molar-refractivity contribution in [2.45, 2.75) is 82.3 Å². The zero-order valence-electron chi connectivity index (χ0n) is 21.0. The van der Waals surface area contributed by atoms with Gasteiger partial charge in [0, 0.05) is 12.6 Å². The zero-order valence-corrected chi connectivity index (χ0v) is 21.8. The second-order valence-electron chi connectivity index (χ2n) is 8.64. The molecule has 1 unspecified atom stereocenters. The van der Waals surface area contributed by atoms with Crippen LogP contribution in [0, 0.1) is 0 Å². The lowest BCUT2D eigenvalue weighted by Crippen LogP contribution is -2.41. The second-order valence-corrected chi connectivity index (χ2v) is 10.0. The Morgan fingerprint density at radius 2 is 1.73 bits per heavy atom. The number of aliphatic hydroxyl groups excluding tert-OH is 1. The number of amides is 2. The number of aliphatic hydroxyl groups is 1. The van der Waals surface area contributed by atoms with Crippen LogP contribution in [0.15, 0.2) is 57.7 Å². The highest BCUT2D eigenvalue weighted by Gasteiger charge is 2.14. The molecule has 11 nitrogen and oxygen atoms in total. The number of benzene rings is 1. The number of carbonyl (C=O) groups excluding carboxylic acids is 2. The first-order chi connectivity index (χ1) is 17.7. The lowest BCUT2D eigenvalue weighted by molar-refractivity contribution is -0.122. The summed E-state index contributed by atoms with van der Waals surface area (Å²) in [6.45, 7) is 2.06. The van der Waals surface area contributed by atoms with Crippen LogP contribution in [0.2, 0.25) is 0 Å². The largest absolute Gasteiger partial charge is 0.393 e. The van der Waals surface area contributed by atoms with Gasteiger partial charge in [-0.15, -0.1) is 5.11 Å². The average molecular weight is 534 g/mol. The number of unbranched alkanes of at least 4 members (excludes halogenated alkanes) is 4. The summed E-state index contributed by atoms with van der Waals surface area (Å²) in [5.74, 6) is -0.723. The number of azo groups is 1. The van der Waals surface area contributed by atoms with Crippen LogP contribution in [0.3, 0.4) is 0 Å². The predicted octanol–water partition coefficient (Wildman–Crippen LogP) is 4.26. The van der Waals surface area contributed by atoms with E-state index >= 15 is 0 Å². The summed E-state index contributed by atoms with van der Waals surface area (Å²) >= 11 is 0. The van der Waals surface area contributed by atoms with E-state index in [4.69, 9.17) is 0 Å². The number of rotatable bonds is 15. The van der Waals surface area contributed by atoms with Crippen LogP contribution in [0.25, 0.3) is 0 Å². The molecule has 1 aromatic carbocycles. The molecule has 0 radical (unpaired) electrons. The summed E-state index contributed by atoms with van der Waals surface area (Å²) in [4.78, 5) is 28.0. The van der Waals surface area contributed by atoms with E-state index in [-0.39, 0.29) is 40.7 Å². The van der Waals surface area contributed by atoms with Crippen molar-refractivity contribution in [2.75, 3.05) is 0 Å². The smallest absolute Gasteiger partial charge is 0.294 e. The van der Waals surface area contributed by atoms with Crippen LogP contribution in [-0.4, -0.2) is 41.0 Å². The molecule has 37 heavy (non-hydrogen) atoms. The van der Waals surface area contributed by atoms with Crippen LogP contribution in [0.4, 0.5) is 5.82 Å². The standard InChI is InChI=1S/C25H35N5O6S/c1-2-3-4-5-6-11-21(31)12-9-14-24(32)29-30-25(33)20-15-16-23(26-17-20)28-27-18-19-10-7-8-13-22(19)37(34,35)36/h7-8,10,13,15-17,21,31H,2-6,9,11-12,14,18H2,1H3,(H,29,32)(H,30,33)(H,34,35,36). The van der Waals surface area contributed by atoms with E-state index in [2.05, 4.69) is 33.0 Å². The van der Waals surface area contributed by atoms with Crippen molar-refractivity contribution < 1.29 is 27.7 Å². The van der Waals surface area contributed by atoms with Crippen molar-refractivity contribution >= 4 is 27.8 Å². The van der Waals surface area contributed by atoms with Gasteiger partial charge in [-0.25, -0.2) is 4.98 Å². The lowest BCUT2D eigenvalue weighted by Gasteiger charge is -2.11. The highest BCUT2D eigenvalue weighted by atomic mass is 32.2. The third-order valence-electron chi connectivity index (χ3n) is 5.57. The minimum atomic E-state index is -4.37. The van der Waals surface area contributed by atoms with E-state index in [0.717, 1.165) is 19.3 Å². The van der Waals surface area contributed by atoms with Crippen molar-refractivity contribution in [3.05, 3.63) is 53.7 Å². The van der Waals surface area contributed by atoms with E-state index in [1.165, 1.54) is 55.8 Å². The Bertz CT molecular complexity index is 1140. The van der Waals surface area contributed by atoms with Crippen LogP contribution in [0.1, 0.15) is 80.6 Å². The molecule has 0 aliphatic carbocycles. The van der Waals surface area contributed by atoms with E-state index in [1.807, 2.05) is 0 Å². The van der Waals surface area contributed by atoms with Gasteiger partial charge in [-0.1, -0.05) is 57.2 Å². The number of pyridine rings is 1. The minimum absolute atomic E-state index is 0.0953. The fourth-order valence-corrected chi connectivity index (χ4v) is 4.25. The van der Waals surface area contributed by atoms with Gasteiger partial charge in [0.25, 0.3) is 16.0 Å². The highest BCUT2D eigenvalue weighted by molar-refractivity contribution is 7.85. The molecule has 0 bridgehead atoms. The summed E-state index contributed by atoms with van der Waals surface area (Å²) in [6, 6.07) is 8.77. The van der Waals surface area contributed by atoms with E-state index < -0.39 is 22.1 Å². The summed E-state index contributed by atoms with van der Waals surface area (Å²) in [6.07, 6.45) is 8.51. The molecule has 1 heterocycles. The molecular formula is C25H35N5O6S. The van der Waals surface area contributed by atoms with E-state index in [9.17, 15) is 27.7 Å². The third kappa shape index (κ3) is 11.6. The van der Waals surface area contributed by atoms with Gasteiger partial charge < -0.3 is 5.11 Å². The zero-order chi connectivity index (χ0) is 27.1. The van der Waals surface area contributed by atoms with Gasteiger partial charge in [-0.3, -0.25) is 25.0 Å². The quantitative estimate of drug-likeness (QED) is 0.115. The maximum absolute atomic E-state index is 12.2. The molecule has 0 saturated heterocycles. The molecule has 0 saturated carbocycles. The highest BCUT2D eigenvalue weighted by Crippen LogP contribution is 2.17. The van der Waals surface area contributed by atoms with Crippen molar-refractivity contribution in [2.24, 2.45) is 10.2 Å². The fourth-order valence-electron chi connectivity index (χ4n) is 3.54. The number of hydrazine groups is 1. The molecule has 1 aromatic heterocycles. The number of aromatic nitrogens is 1. The van der Waals surface area contributed by atoms with Crippen LogP contribution in [-0.2, 0) is 21.5 Å². The normalized spacial score (nSPS) is 12.4. The number of hydrogen-bond acceptors (Lipinski definition) is 8. The molecule has 2 rings (SSSR count). The Hall–Kier alpha value is -3.22. The Labute approximate surface area is 217 Å². The summed E-state index contributed by atoms with van der Waals surface area (Å²) < 4.78 is 32.1. The lowest BCUT2D eigenvalue weighted by atomic mass is 10.0. The SMILES string of the molecule is CCCCCCCC(O)CCCC(=O)NNC(=O)c1ccc(N=NCc2ccccc2S(=O)(=O)O)nc1. The first-order valence-corrected chi connectivity index (χ1v) is 13.8. The van der Waals surface area contributed by atoms with Crippen molar-refractivity contribution in [3.8, 4) is 0 Å². The Morgan fingerprint density at radius 1 is 1.00 bits per heavy atom. The van der Waals surface area contributed by atoms with Gasteiger partial charge in [-0.2, -0.15) is 13.5 Å². The molecule has 202 valence electrons. The van der Waals surface area contributed by atoms with Crippen LogP contribution < -0.4 is 10.9 Å². The van der Waals surface area contributed by atoms with E-state index in [0.29, 0.717) is 12.8 Å². The van der Waals surface area contributed by atoms with Crippen LogP contribution >= 0.6 is 0 Å². The molecule has 0 aliphatic heterocycles. The third-order valence-corrected chi connectivity index (χ3v) is 6.53. The molecule has 0 fully saturated rings. The fraction of sp³-hybridized carbons (Fsp3) is 0.480. The van der Waals surface area contributed by atoms with Crippen molar-refractivity contribution in [1.29, 1.82) is 0 Å². The molecule has 2 aromatic rings. The predicted molar refractivity (Wildman–Crippen MR) is 138 cm³/mol. The van der Waals surface area contributed by atoms with Gasteiger partial charge >= 0.3 is 0 Å². The molecular weight excluding hydrogens is 498 g/mol. The maximum atomic E-state index is 12.2. The summed E-state index contributed by atoms with van der Waals surface area (Å²) in [5.41, 5.74) is 5.13. The molecule has 0 aliphatic rings. The number of hydrogen-bond donors (Lipinski definition) is 4. The van der Waals surface area contributed by atoms with Crippen LogP contribution in [0.5, 0.6) is 0 Å². The molecule has 4 N–H and O–H groups in total. The van der Waals surface area contributed by atoms with Gasteiger partial charge in [0.05, 0.1) is 23.1 Å². The van der Waals surface area contributed by atoms with Gasteiger partial charge in [0.15, 0.2) is 5.82 Å². The van der Waals surface area contributed by atoms with E-state index in [1.54, 1.807) is 6.07 Å². The first-order valence-electron chi connectivity index (χ1n) is 12.4. The number of carbonyl (C=O) groups is 2. The number of nitrogens with one attached hydrogen (secondary N) is 2. The number of nitrogens with zero attached hydrogens (tertiary/aromatic N) is 3. The first kappa shape index (κ1) is 30.0. The maximum Gasteiger partial charge on any atom is 0.294 e. The van der Waals surface area contributed by atoms with Crippen molar-refractivity contribution in [3.63, 3.8) is 0 Å².